The lowest BCUT2D eigenvalue weighted by molar-refractivity contribution is -0.126. The summed E-state index contributed by atoms with van der Waals surface area (Å²) < 4.78 is 5.60. The van der Waals surface area contributed by atoms with E-state index in [1.54, 1.807) is 6.08 Å². The number of carbonyl (C=O) groups is 2. The summed E-state index contributed by atoms with van der Waals surface area (Å²) in [6.45, 7) is 0.557. The third-order valence-electron chi connectivity index (χ3n) is 4.14. The van der Waals surface area contributed by atoms with Crippen LogP contribution in [0.5, 0.6) is 0 Å². The van der Waals surface area contributed by atoms with Crippen LogP contribution in [-0.4, -0.2) is 30.2 Å². The molecule has 1 amide bonds. The van der Waals surface area contributed by atoms with Crippen LogP contribution in [-0.2, 0) is 14.3 Å². The summed E-state index contributed by atoms with van der Waals surface area (Å²) in [4.78, 5) is 27.6. The van der Waals surface area contributed by atoms with Gasteiger partial charge in [0.15, 0.2) is 17.8 Å². The van der Waals surface area contributed by atoms with Crippen molar-refractivity contribution in [2.45, 2.75) is 44.8 Å². The van der Waals surface area contributed by atoms with Crippen molar-refractivity contribution in [3.63, 3.8) is 0 Å². The molecule has 1 N–H and O–H groups in total. The molecule has 1 heterocycles. The topological polar surface area (TPSA) is 67.8 Å². The van der Waals surface area contributed by atoms with Crippen LogP contribution in [0.1, 0.15) is 38.5 Å². The number of aliphatic imine (C=N–C) groups is 1. The van der Waals surface area contributed by atoms with Crippen LogP contribution in [0, 0.1) is 5.92 Å². The first-order chi connectivity index (χ1) is 10.2. The van der Waals surface area contributed by atoms with Crippen molar-refractivity contribution in [2.75, 3.05) is 6.54 Å². The second kappa shape index (κ2) is 6.24. The van der Waals surface area contributed by atoms with Crippen molar-refractivity contribution >= 4 is 17.4 Å². The summed E-state index contributed by atoms with van der Waals surface area (Å²) >= 11 is 0. The maximum absolute atomic E-state index is 12.0. The molecule has 3 aliphatic rings. The van der Waals surface area contributed by atoms with Gasteiger partial charge in [-0.2, -0.15) is 0 Å². The van der Waals surface area contributed by atoms with Crippen molar-refractivity contribution in [1.29, 1.82) is 0 Å². The van der Waals surface area contributed by atoms with Gasteiger partial charge in [-0.3, -0.25) is 9.59 Å². The Bertz CT molecular complexity index is 528. The molecule has 0 radical (unpaired) electrons. The average molecular weight is 288 g/mol. The third-order valence-corrected chi connectivity index (χ3v) is 4.14. The van der Waals surface area contributed by atoms with Gasteiger partial charge in [0.25, 0.3) is 0 Å². The number of hydrogen-bond donors (Lipinski definition) is 1. The fourth-order valence-corrected chi connectivity index (χ4v) is 2.97. The Kier molecular flexibility index (Phi) is 4.18. The second-order valence-corrected chi connectivity index (χ2v) is 5.75. The molecule has 3 rings (SSSR count). The largest absolute Gasteiger partial charge is 0.466 e. The number of nitrogens with zero attached hydrogens (tertiary/aromatic N) is 1. The maximum atomic E-state index is 12.0. The van der Waals surface area contributed by atoms with Gasteiger partial charge in [0.2, 0.25) is 5.91 Å². The molecule has 0 bridgehead atoms. The lowest BCUT2D eigenvalue weighted by Crippen LogP contribution is -2.33. The van der Waals surface area contributed by atoms with Gasteiger partial charge < -0.3 is 10.1 Å². The van der Waals surface area contributed by atoms with E-state index in [9.17, 15) is 9.59 Å². The standard InChI is InChI=1S/C16H20N2O3/c19-12-6-7-13-14(10-12)21-15(18-13)8-9-17-16(20)11-4-2-1-3-5-11/h6-7,10-11,15H,1-5,8-9H2,(H,17,20). The van der Waals surface area contributed by atoms with Gasteiger partial charge in [0.05, 0.1) is 0 Å². The molecule has 2 aliphatic carbocycles. The molecule has 1 aliphatic heterocycles. The minimum atomic E-state index is -0.298. The molecule has 21 heavy (non-hydrogen) atoms. The molecule has 1 unspecified atom stereocenters. The Morgan fingerprint density at radius 1 is 1.29 bits per heavy atom. The Hall–Kier alpha value is -1.91. The third kappa shape index (κ3) is 3.40. The number of ether oxygens (including phenoxy) is 1. The van der Waals surface area contributed by atoms with Crippen LogP contribution in [0.4, 0.5) is 0 Å². The summed E-state index contributed by atoms with van der Waals surface area (Å²) in [6.07, 6.45) is 10.5. The fourth-order valence-electron chi connectivity index (χ4n) is 2.97. The average Bonchev–Trinajstić information content (AvgIpc) is 2.89. The molecular weight excluding hydrogens is 268 g/mol. The number of carbonyl (C=O) groups excluding carboxylic acids is 2. The van der Waals surface area contributed by atoms with E-state index in [1.807, 2.05) is 0 Å². The summed E-state index contributed by atoms with van der Waals surface area (Å²) in [7, 11) is 0. The van der Waals surface area contributed by atoms with Gasteiger partial charge in [-0.25, -0.2) is 4.99 Å². The maximum Gasteiger partial charge on any atom is 0.223 e. The molecule has 112 valence electrons. The van der Waals surface area contributed by atoms with Crippen molar-refractivity contribution in [2.24, 2.45) is 10.9 Å². The number of nitrogens with one attached hydrogen (secondary N) is 1. The monoisotopic (exact) mass is 288 g/mol. The molecule has 0 aromatic carbocycles. The molecule has 5 heteroatoms. The molecule has 0 spiro atoms. The minimum Gasteiger partial charge on any atom is -0.466 e. The van der Waals surface area contributed by atoms with Crippen LogP contribution in [0.15, 0.2) is 29.0 Å². The summed E-state index contributed by atoms with van der Waals surface area (Å²) in [5, 5.41) is 2.98. The molecule has 0 aromatic rings. The number of amides is 1. The highest BCUT2D eigenvalue weighted by Crippen LogP contribution is 2.24. The van der Waals surface area contributed by atoms with Gasteiger partial charge in [0.1, 0.15) is 5.71 Å². The van der Waals surface area contributed by atoms with E-state index >= 15 is 0 Å². The van der Waals surface area contributed by atoms with Crippen LogP contribution < -0.4 is 5.32 Å². The second-order valence-electron chi connectivity index (χ2n) is 5.75. The number of ketones is 1. The Balaban J connectivity index is 1.43. The SMILES string of the molecule is O=C1C=CC2=NC(CCNC(=O)C3CCCCC3)OC2=C1. The molecular formula is C16H20N2O3. The Morgan fingerprint density at radius 3 is 2.90 bits per heavy atom. The Labute approximate surface area is 124 Å². The van der Waals surface area contributed by atoms with E-state index in [0.29, 0.717) is 18.7 Å². The predicted molar refractivity (Wildman–Crippen MR) is 78.7 cm³/mol. The van der Waals surface area contributed by atoms with Crippen LogP contribution in [0.2, 0.25) is 0 Å². The lowest BCUT2D eigenvalue weighted by atomic mass is 9.89. The van der Waals surface area contributed by atoms with Gasteiger partial charge in [-0.1, -0.05) is 19.3 Å². The number of hydrogen-bond acceptors (Lipinski definition) is 4. The zero-order valence-corrected chi connectivity index (χ0v) is 12.0. The zero-order valence-electron chi connectivity index (χ0n) is 12.0. The highest BCUT2D eigenvalue weighted by molar-refractivity contribution is 6.19. The quantitative estimate of drug-likeness (QED) is 0.803. The van der Waals surface area contributed by atoms with Crippen LogP contribution >= 0.6 is 0 Å². The minimum absolute atomic E-state index is 0.0739. The van der Waals surface area contributed by atoms with Crippen molar-refractivity contribution in [3.05, 3.63) is 24.0 Å². The zero-order chi connectivity index (χ0) is 14.7. The van der Waals surface area contributed by atoms with E-state index in [-0.39, 0.29) is 23.8 Å². The molecule has 0 saturated heterocycles. The van der Waals surface area contributed by atoms with E-state index in [4.69, 9.17) is 4.74 Å². The number of rotatable bonds is 4. The van der Waals surface area contributed by atoms with E-state index < -0.39 is 0 Å². The van der Waals surface area contributed by atoms with E-state index in [2.05, 4.69) is 10.3 Å². The highest BCUT2D eigenvalue weighted by atomic mass is 16.5. The highest BCUT2D eigenvalue weighted by Gasteiger charge is 2.25. The fraction of sp³-hybridized carbons (Fsp3) is 0.562. The van der Waals surface area contributed by atoms with E-state index in [0.717, 1.165) is 31.4 Å². The van der Waals surface area contributed by atoms with Crippen molar-refractivity contribution in [3.8, 4) is 0 Å². The Morgan fingerprint density at radius 2 is 2.10 bits per heavy atom. The molecule has 0 aromatic heterocycles. The smallest absolute Gasteiger partial charge is 0.223 e. The normalized spacial score (nSPS) is 25.0. The summed E-state index contributed by atoms with van der Waals surface area (Å²) in [5.74, 6) is 0.814. The van der Waals surface area contributed by atoms with Gasteiger partial charge in [-0.15, -0.1) is 0 Å². The molecule has 1 fully saturated rings. The summed E-state index contributed by atoms with van der Waals surface area (Å²) in [5.41, 5.74) is 0.721. The molecule has 5 nitrogen and oxygen atoms in total. The number of allylic oxidation sites excluding steroid dienone is 3. The van der Waals surface area contributed by atoms with Crippen molar-refractivity contribution < 1.29 is 14.3 Å². The van der Waals surface area contributed by atoms with Crippen LogP contribution in [0.3, 0.4) is 0 Å². The van der Waals surface area contributed by atoms with Crippen molar-refractivity contribution in [1.82, 2.24) is 5.32 Å². The van der Waals surface area contributed by atoms with Crippen LogP contribution in [0.25, 0.3) is 0 Å². The van der Waals surface area contributed by atoms with Gasteiger partial charge >= 0.3 is 0 Å². The summed E-state index contributed by atoms with van der Waals surface area (Å²) in [6, 6.07) is 0. The first kappa shape index (κ1) is 14.0. The van der Waals surface area contributed by atoms with E-state index in [1.165, 1.54) is 18.6 Å². The first-order valence-corrected chi connectivity index (χ1v) is 7.68. The first-order valence-electron chi connectivity index (χ1n) is 7.68. The molecule has 1 saturated carbocycles. The lowest BCUT2D eigenvalue weighted by Gasteiger charge is -2.21. The predicted octanol–water partition coefficient (Wildman–Crippen LogP) is 1.89. The van der Waals surface area contributed by atoms with Gasteiger partial charge in [0, 0.05) is 25.0 Å². The number of fused-ring (bicyclic) bond motifs is 1. The van der Waals surface area contributed by atoms with Gasteiger partial charge in [-0.05, 0) is 25.0 Å². The molecule has 1 atom stereocenters.